The molecule has 0 aliphatic rings. The zero-order valence-electron chi connectivity index (χ0n) is 10.00. The van der Waals surface area contributed by atoms with E-state index in [0.29, 0.717) is 17.9 Å². The lowest BCUT2D eigenvalue weighted by molar-refractivity contribution is -0.116. The number of amides is 1. The second-order valence-corrected chi connectivity index (χ2v) is 3.91. The molecule has 3 N–H and O–H groups in total. The summed E-state index contributed by atoms with van der Waals surface area (Å²) in [7, 11) is 0. The number of hydrogen-bond acceptors (Lipinski definition) is 5. The minimum absolute atomic E-state index is 0.0982. The number of nitrogens with zero attached hydrogens (tertiary/aromatic N) is 4. The number of nitrogens with one attached hydrogen (secondary N) is 1. The third kappa shape index (κ3) is 3.11. The van der Waals surface area contributed by atoms with Crippen molar-refractivity contribution in [1.29, 1.82) is 0 Å². The molecule has 0 radical (unpaired) electrons. The van der Waals surface area contributed by atoms with Crippen molar-refractivity contribution in [3.8, 4) is 0 Å². The molecular weight excluding hydrogens is 232 g/mol. The van der Waals surface area contributed by atoms with Crippen molar-refractivity contribution in [2.45, 2.75) is 20.0 Å². The number of aromatic nitrogens is 4. The average molecular weight is 246 g/mol. The molecule has 0 atom stereocenters. The summed E-state index contributed by atoms with van der Waals surface area (Å²) < 4.78 is 1.45. The van der Waals surface area contributed by atoms with Gasteiger partial charge in [0.1, 0.15) is 6.54 Å². The van der Waals surface area contributed by atoms with E-state index in [9.17, 15) is 4.79 Å². The molecule has 2 aromatic rings. The summed E-state index contributed by atoms with van der Waals surface area (Å²) in [4.78, 5) is 15.7. The van der Waals surface area contributed by atoms with Gasteiger partial charge < -0.3 is 11.1 Å². The molecule has 0 aliphatic carbocycles. The van der Waals surface area contributed by atoms with Gasteiger partial charge in [0.25, 0.3) is 0 Å². The lowest BCUT2D eigenvalue weighted by Gasteiger charge is -2.04. The topological polar surface area (TPSA) is 98.7 Å². The second kappa shape index (κ2) is 5.37. The first-order valence-corrected chi connectivity index (χ1v) is 5.48. The number of carbonyl (C=O) groups excluding carboxylic acids is 1. The van der Waals surface area contributed by atoms with Gasteiger partial charge in [-0.25, -0.2) is 4.68 Å². The van der Waals surface area contributed by atoms with Gasteiger partial charge in [0, 0.05) is 12.7 Å². The summed E-state index contributed by atoms with van der Waals surface area (Å²) in [5.74, 6) is -0.184. The molecule has 0 bridgehead atoms. The third-order valence-corrected chi connectivity index (χ3v) is 2.26. The van der Waals surface area contributed by atoms with Crippen LogP contribution < -0.4 is 11.1 Å². The maximum Gasteiger partial charge on any atom is 0.246 e. The molecule has 0 unspecified atom stereocenters. The van der Waals surface area contributed by atoms with Crippen molar-refractivity contribution in [3.05, 3.63) is 35.9 Å². The van der Waals surface area contributed by atoms with E-state index >= 15 is 0 Å². The Morgan fingerprint density at radius 1 is 1.50 bits per heavy atom. The van der Waals surface area contributed by atoms with Crippen LogP contribution in [0.25, 0.3) is 0 Å². The fourth-order valence-corrected chi connectivity index (χ4v) is 1.48. The minimum atomic E-state index is -0.184. The Kier molecular flexibility index (Phi) is 3.63. The largest absolute Gasteiger partial charge is 0.325 e. The lowest BCUT2D eigenvalue weighted by atomic mass is 10.3. The molecule has 2 heterocycles. The fourth-order valence-electron chi connectivity index (χ4n) is 1.48. The van der Waals surface area contributed by atoms with Crippen LogP contribution in [0.2, 0.25) is 0 Å². The van der Waals surface area contributed by atoms with E-state index < -0.39 is 0 Å². The van der Waals surface area contributed by atoms with Gasteiger partial charge in [-0.15, -0.1) is 5.10 Å². The van der Waals surface area contributed by atoms with Gasteiger partial charge in [-0.2, -0.15) is 0 Å². The third-order valence-electron chi connectivity index (χ3n) is 2.26. The van der Waals surface area contributed by atoms with Crippen LogP contribution in [0.15, 0.2) is 24.7 Å². The van der Waals surface area contributed by atoms with Gasteiger partial charge >= 0.3 is 0 Å². The Morgan fingerprint density at radius 3 is 3.00 bits per heavy atom. The maximum atomic E-state index is 11.7. The first-order chi connectivity index (χ1) is 8.67. The Labute approximate surface area is 104 Å². The van der Waals surface area contributed by atoms with Crippen molar-refractivity contribution in [1.82, 2.24) is 20.0 Å². The van der Waals surface area contributed by atoms with Gasteiger partial charge in [0.15, 0.2) is 0 Å². The number of aryl methyl sites for hydroxylation is 1. The van der Waals surface area contributed by atoms with Gasteiger partial charge in [-0.3, -0.25) is 9.78 Å². The van der Waals surface area contributed by atoms with Crippen LogP contribution in [0.4, 0.5) is 5.69 Å². The molecule has 0 saturated heterocycles. The van der Waals surface area contributed by atoms with E-state index in [2.05, 4.69) is 20.6 Å². The van der Waals surface area contributed by atoms with Crippen LogP contribution in [-0.4, -0.2) is 25.9 Å². The SMILES string of the molecule is Cc1cncc(NC(=O)Cn2cc(CN)nn2)c1. The van der Waals surface area contributed by atoms with E-state index in [-0.39, 0.29) is 12.5 Å². The highest BCUT2D eigenvalue weighted by Crippen LogP contribution is 2.07. The zero-order chi connectivity index (χ0) is 13.0. The summed E-state index contributed by atoms with van der Waals surface area (Å²) in [5.41, 5.74) is 7.71. The number of anilines is 1. The van der Waals surface area contributed by atoms with Crippen LogP contribution in [0.5, 0.6) is 0 Å². The molecule has 0 fully saturated rings. The molecule has 0 saturated carbocycles. The first-order valence-electron chi connectivity index (χ1n) is 5.48. The highest BCUT2D eigenvalue weighted by molar-refractivity contribution is 5.90. The number of nitrogens with two attached hydrogens (primary N) is 1. The average Bonchev–Trinajstić information content (AvgIpc) is 2.76. The van der Waals surface area contributed by atoms with Crippen molar-refractivity contribution in [3.63, 3.8) is 0 Å². The van der Waals surface area contributed by atoms with Gasteiger partial charge in [-0.1, -0.05) is 5.21 Å². The lowest BCUT2D eigenvalue weighted by Crippen LogP contribution is -2.19. The molecule has 2 aromatic heterocycles. The number of hydrogen-bond donors (Lipinski definition) is 2. The van der Waals surface area contributed by atoms with Crippen LogP contribution in [0.1, 0.15) is 11.3 Å². The van der Waals surface area contributed by atoms with E-state index in [1.54, 1.807) is 18.6 Å². The summed E-state index contributed by atoms with van der Waals surface area (Å²) in [6.07, 6.45) is 4.96. The molecule has 94 valence electrons. The molecule has 18 heavy (non-hydrogen) atoms. The smallest absolute Gasteiger partial charge is 0.246 e. The molecule has 1 amide bonds. The zero-order valence-corrected chi connectivity index (χ0v) is 10.00. The highest BCUT2D eigenvalue weighted by Gasteiger charge is 2.06. The van der Waals surface area contributed by atoms with Crippen molar-refractivity contribution < 1.29 is 4.79 Å². The Morgan fingerprint density at radius 2 is 2.33 bits per heavy atom. The monoisotopic (exact) mass is 246 g/mol. The van der Waals surface area contributed by atoms with Crippen molar-refractivity contribution in [2.24, 2.45) is 5.73 Å². The Bertz CT molecular complexity index is 550. The van der Waals surface area contributed by atoms with Gasteiger partial charge in [0.2, 0.25) is 5.91 Å². The molecule has 0 spiro atoms. The highest BCUT2D eigenvalue weighted by atomic mass is 16.2. The predicted octanol–water partition coefficient (Wildman–Crippen LogP) is 0.0789. The van der Waals surface area contributed by atoms with Crippen LogP contribution in [0, 0.1) is 6.92 Å². The van der Waals surface area contributed by atoms with Crippen LogP contribution >= 0.6 is 0 Å². The van der Waals surface area contributed by atoms with Crippen LogP contribution in [-0.2, 0) is 17.9 Å². The number of carbonyl (C=O) groups is 1. The molecule has 2 rings (SSSR count). The van der Waals surface area contributed by atoms with Gasteiger partial charge in [0.05, 0.1) is 23.8 Å². The number of pyridine rings is 1. The second-order valence-electron chi connectivity index (χ2n) is 3.91. The molecule has 0 aromatic carbocycles. The molecule has 7 heteroatoms. The summed E-state index contributed by atoms with van der Waals surface area (Å²) in [6.45, 7) is 2.32. The minimum Gasteiger partial charge on any atom is -0.325 e. The normalized spacial score (nSPS) is 10.3. The molecule has 0 aliphatic heterocycles. The maximum absolute atomic E-state index is 11.7. The number of rotatable bonds is 4. The molecule has 7 nitrogen and oxygen atoms in total. The summed E-state index contributed by atoms with van der Waals surface area (Å²) in [6, 6.07) is 1.84. The Hall–Kier alpha value is -2.28. The Balaban J connectivity index is 1.96. The molecular formula is C11H14N6O. The fraction of sp³-hybridized carbons (Fsp3) is 0.273. The van der Waals surface area contributed by atoms with Crippen LogP contribution in [0.3, 0.4) is 0 Å². The predicted molar refractivity (Wildman–Crippen MR) is 65.5 cm³/mol. The van der Waals surface area contributed by atoms with E-state index in [1.807, 2.05) is 13.0 Å². The van der Waals surface area contributed by atoms with Crippen molar-refractivity contribution >= 4 is 11.6 Å². The van der Waals surface area contributed by atoms with E-state index in [4.69, 9.17) is 5.73 Å². The van der Waals surface area contributed by atoms with Gasteiger partial charge in [-0.05, 0) is 18.6 Å². The van der Waals surface area contributed by atoms with Crippen molar-refractivity contribution in [2.75, 3.05) is 5.32 Å². The summed E-state index contributed by atoms with van der Waals surface area (Å²) >= 11 is 0. The quantitative estimate of drug-likeness (QED) is 0.796. The summed E-state index contributed by atoms with van der Waals surface area (Å²) in [5, 5.41) is 10.3. The van der Waals surface area contributed by atoms with E-state index in [0.717, 1.165) is 5.56 Å². The van der Waals surface area contributed by atoms with E-state index in [1.165, 1.54) is 4.68 Å². The first kappa shape index (κ1) is 12.2. The standard InChI is InChI=1S/C11H14N6O/c1-8-2-9(5-13-4-8)14-11(18)7-17-6-10(3-12)15-16-17/h2,4-6H,3,7,12H2,1H3,(H,14,18).